The fourth-order valence-electron chi connectivity index (χ4n) is 3.50. The number of nitriles is 1. The van der Waals surface area contributed by atoms with Crippen LogP contribution < -0.4 is 5.32 Å². The number of aryl methyl sites for hydroxylation is 1. The van der Waals surface area contributed by atoms with E-state index in [1.807, 2.05) is 43.5 Å². The van der Waals surface area contributed by atoms with Crippen LogP contribution in [0.5, 0.6) is 0 Å². The predicted octanol–water partition coefficient (Wildman–Crippen LogP) is 4.86. The van der Waals surface area contributed by atoms with E-state index in [2.05, 4.69) is 16.4 Å². The molecule has 0 atom stereocenters. The van der Waals surface area contributed by atoms with Gasteiger partial charge in [0.1, 0.15) is 16.7 Å². The van der Waals surface area contributed by atoms with Crippen LogP contribution in [0.15, 0.2) is 48.7 Å². The van der Waals surface area contributed by atoms with Gasteiger partial charge in [0.05, 0.1) is 22.8 Å². The van der Waals surface area contributed by atoms with E-state index >= 15 is 0 Å². The highest BCUT2D eigenvalue weighted by Crippen LogP contribution is 2.36. The molecule has 0 aliphatic heterocycles. The number of hydrogen-bond donors (Lipinski definition) is 2. The van der Waals surface area contributed by atoms with Crippen molar-refractivity contribution in [3.8, 4) is 28.5 Å². The molecule has 0 unspecified atom stereocenters. The van der Waals surface area contributed by atoms with Gasteiger partial charge in [0.25, 0.3) is 0 Å². The maximum atomic E-state index is 9.97. The summed E-state index contributed by atoms with van der Waals surface area (Å²) >= 11 is 6.27. The number of aliphatic hydroxyl groups is 1. The van der Waals surface area contributed by atoms with Gasteiger partial charge in [-0.2, -0.15) is 10.4 Å². The topological polar surface area (TPSA) is 99.1 Å². The molecule has 4 rings (SSSR count). The van der Waals surface area contributed by atoms with Gasteiger partial charge in [-0.25, -0.2) is 14.5 Å². The van der Waals surface area contributed by atoms with Crippen molar-refractivity contribution in [2.75, 3.05) is 11.9 Å². The van der Waals surface area contributed by atoms with Crippen LogP contribution in [0.4, 0.5) is 5.82 Å². The Hall–Kier alpha value is -3.47. The number of aromatic nitrogens is 4. The van der Waals surface area contributed by atoms with Crippen molar-refractivity contribution in [3.05, 3.63) is 65.1 Å². The Morgan fingerprint density at radius 1 is 1.16 bits per heavy atom. The first-order valence-electron chi connectivity index (χ1n) is 10.2. The van der Waals surface area contributed by atoms with Crippen LogP contribution in [-0.2, 0) is 0 Å². The van der Waals surface area contributed by atoms with Crippen LogP contribution in [0.1, 0.15) is 31.5 Å². The minimum Gasteiger partial charge on any atom is -0.390 e. The lowest BCUT2D eigenvalue weighted by Gasteiger charge is -2.17. The van der Waals surface area contributed by atoms with Gasteiger partial charge < -0.3 is 10.4 Å². The monoisotopic (exact) mass is 446 g/mol. The van der Waals surface area contributed by atoms with Crippen molar-refractivity contribution in [2.45, 2.75) is 32.8 Å². The number of rotatable bonds is 6. The first kappa shape index (κ1) is 21.8. The predicted molar refractivity (Wildman–Crippen MR) is 126 cm³/mol. The van der Waals surface area contributed by atoms with Crippen LogP contribution >= 0.6 is 11.6 Å². The Morgan fingerprint density at radius 2 is 1.97 bits per heavy atom. The molecule has 2 N–H and O–H groups in total. The van der Waals surface area contributed by atoms with Crippen molar-refractivity contribution in [1.29, 1.82) is 5.26 Å². The lowest BCUT2D eigenvalue weighted by Crippen LogP contribution is -2.22. The normalized spacial score (nSPS) is 11.5. The highest BCUT2D eigenvalue weighted by molar-refractivity contribution is 6.29. The van der Waals surface area contributed by atoms with Crippen LogP contribution in [-0.4, -0.2) is 36.8 Å². The number of nitrogens with one attached hydrogen (secondary N) is 1. The number of halogens is 1. The fraction of sp³-hybridized carbons (Fsp3) is 0.250. The highest BCUT2D eigenvalue weighted by Gasteiger charge is 2.20. The highest BCUT2D eigenvalue weighted by atomic mass is 35.5. The van der Waals surface area contributed by atoms with E-state index in [4.69, 9.17) is 21.7 Å². The summed E-state index contributed by atoms with van der Waals surface area (Å²) in [4.78, 5) is 9.07. The summed E-state index contributed by atoms with van der Waals surface area (Å²) in [6, 6.07) is 15.1. The van der Waals surface area contributed by atoms with Crippen LogP contribution in [0.3, 0.4) is 0 Å². The number of fused-ring (bicyclic) bond motifs is 1. The molecule has 7 nitrogen and oxygen atoms in total. The maximum Gasteiger partial charge on any atom is 0.165 e. The van der Waals surface area contributed by atoms with Gasteiger partial charge in [0.15, 0.2) is 5.65 Å². The number of nitrogens with zero attached hydrogens (tertiary/aromatic N) is 5. The Balaban J connectivity index is 1.88. The molecule has 8 heteroatoms. The van der Waals surface area contributed by atoms with Gasteiger partial charge in [-0.1, -0.05) is 23.7 Å². The Bertz CT molecular complexity index is 1310. The molecule has 0 aliphatic rings. The minimum absolute atomic E-state index is 0.385. The largest absolute Gasteiger partial charge is 0.390 e. The van der Waals surface area contributed by atoms with Gasteiger partial charge in [0.2, 0.25) is 0 Å². The third kappa shape index (κ3) is 4.72. The van der Waals surface area contributed by atoms with Gasteiger partial charge >= 0.3 is 0 Å². The standard InChI is InChI=1S/C24H23ClN6O/c1-15-11-18(13-19(25)28-15)21-22(17-6-4-5-16(12-17)14-26)30-31-10-7-20(29-23(21)31)27-9-8-24(2,3)32/h4-7,10-13,32H,8-9H2,1-3H3,(H,27,29). The first-order valence-corrected chi connectivity index (χ1v) is 10.6. The van der Waals surface area contributed by atoms with E-state index in [0.717, 1.165) is 22.4 Å². The second-order valence-electron chi connectivity index (χ2n) is 8.31. The van der Waals surface area contributed by atoms with Crippen LogP contribution in [0.25, 0.3) is 28.0 Å². The third-order valence-electron chi connectivity index (χ3n) is 5.00. The molecular weight excluding hydrogens is 424 g/mol. The van der Waals surface area contributed by atoms with E-state index in [9.17, 15) is 10.4 Å². The summed E-state index contributed by atoms with van der Waals surface area (Å²) in [5, 5.41) is 27.7. The smallest absolute Gasteiger partial charge is 0.165 e. The first-order chi connectivity index (χ1) is 15.2. The van der Waals surface area contributed by atoms with Crippen molar-refractivity contribution in [3.63, 3.8) is 0 Å². The zero-order chi connectivity index (χ0) is 22.9. The van der Waals surface area contributed by atoms with Gasteiger partial charge in [0, 0.05) is 24.0 Å². The summed E-state index contributed by atoms with van der Waals surface area (Å²) in [7, 11) is 0. The SMILES string of the molecule is Cc1cc(-c2c(-c3cccc(C#N)c3)nn3ccc(NCCC(C)(C)O)nc23)cc(Cl)n1. The molecule has 0 aliphatic carbocycles. The number of hydrogen-bond acceptors (Lipinski definition) is 6. The molecule has 0 saturated heterocycles. The molecule has 0 amide bonds. The molecule has 162 valence electrons. The quantitative estimate of drug-likeness (QED) is 0.410. The number of pyridine rings is 1. The molecule has 4 aromatic rings. The van der Waals surface area contributed by atoms with E-state index in [1.165, 1.54) is 0 Å². The molecule has 0 saturated carbocycles. The average Bonchev–Trinajstić information content (AvgIpc) is 3.11. The van der Waals surface area contributed by atoms with Gasteiger partial charge in [-0.05, 0) is 63.1 Å². The zero-order valence-corrected chi connectivity index (χ0v) is 18.9. The molecule has 1 aromatic carbocycles. The van der Waals surface area contributed by atoms with E-state index in [-0.39, 0.29) is 0 Å². The Kier molecular flexibility index (Phi) is 5.83. The lowest BCUT2D eigenvalue weighted by molar-refractivity contribution is 0.0748. The Morgan fingerprint density at radius 3 is 2.69 bits per heavy atom. The fourth-order valence-corrected chi connectivity index (χ4v) is 3.75. The molecule has 0 bridgehead atoms. The molecule has 0 fully saturated rings. The molecular formula is C24H23ClN6O. The molecule has 3 aromatic heterocycles. The molecule has 0 spiro atoms. The number of anilines is 1. The Labute approximate surface area is 191 Å². The van der Waals surface area contributed by atoms with Gasteiger partial charge in [-0.15, -0.1) is 0 Å². The molecule has 32 heavy (non-hydrogen) atoms. The third-order valence-corrected chi connectivity index (χ3v) is 5.20. The zero-order valence-electron chi connectivity index (χ0n) is 18.1. The van der Waals surface area contributed by atoms with Crippen molar-refractivity contribution in [1.82, 2.24) is 19.6 Å². The van der Waals surface area contributed by atoms with Gasteiger partial charge in [-0.3, -0.25) is 0 Å². The molecule has 0 radical (unpaired) electrons. The summed E-state index contributed by atoms with van der Waals surface area (Å²) in [5.41, 5.74) is 4.38. The number of benzene rings is 1. The molecule has 3 heterocycles. The average molecular weight is 447 g/mol. The summed E-state index contributed by atoms with van der Waals surface area (Å²) in [6.07, 6.45) is 2.42. The van der Waals surface area contributed by atoms with Crippen molar-refractivity contribution >= 4 is 23.1 Å². The lowest BCUT2D eigenvalue weighted by atomic mass is 10.00. The second kappa shape index (κ2) is 8.58. The second-order valence-corrected chi connectivity index (χ2v) is 8.69. The van der Waals surface area contributed by atoms with E-state index in [0.29, 0.717) is 40.8 Å². The minimum atomic E-state index is -0.761. The van der Waals surface area contributed by atoms with Crippen LogP contribution in [0.2, 0.25) is 5.15 Å². The van der Waals surface area contributed by atoms with E-state index < -0.39 is 5.60 Å². The maximum absolute atomic E-state index is 9.97. The summed E-state index contributed by atoms with van der Waals surface area (Å²) in [6.45, 7) is 6.01. The van der Waals surface area contributed by atoms with E-state index in [1.54, 1.807) is 30.5 Å². The summed E-state index contributed by atoms with van der Waals surface area (Å²) < 4.78 is 1.72. The van der Waals surface area contributed by atoms with Crippen molar-refractivity contribution < 1.29 is 5.11 Å². The summed E-state index contributed by atoms with van der Waals surface area (Å²) in [5.74, 6) is 0.678. The van der Waals surface area contributed by atoms with Crippen LogP contribution in [0, 0.1) is 18.3 Å². The van der Waals surface area contributed by atoms with Crippen molar-refractivity contribution in [2.24, 2.45) is 0 Å².